The molecule has 3 rings (SSSR count). The lowest BCUT2D eigenvalue weighted by atomic mass is 10.2. The third-order valence-corrected chi connectivity index (χ3v) is 5.04. The Balaban J connectivity index is 1.75. The lowest BCUT2D eigenvalue weighted by molar-refractivity contribution is 0.311. The van der Waals surface area contributed by atoms with Gasteiger partial charge in [-0.3, -0.25) is 0 Å². The number of likely N-dealkylation sites (N-methyl/N-ethyl adjacent to an activating group) is 1. The number of halogens is 1. The Labute approximate surface area is 140 Å². The molecule has 4 N–H and O–H groups in total. The number of nitrogens with zero attached hydrogens (tertiary/aromatic N) is 2. The van der Waals surface area contributed by atoms with Gasteiger partial charge in [-0.15, -0.1) is 0 Å². The average Bonchev–Trinajstić information content (AvgIpc) is 2.52. The van der Waals surface area contributed by atoms with Crippen LogP contribution in [0, 0.1) is 5.82 Å². The first kappa shape index (κ1) is 16.0. The molecule has 1 aliphatic heterocycles. The summed E-state index contributed by atoms with van der Waals surface area (Å²) in [6, 6.07) is 10.9. The molecule has 0 unspecified atom stereocenters. The molecule has 0 amide bonds. The van der Waals surface area contributed by atoms with Crippen molar-refractivity contribution in [3.8, 4) is 0 Å². The van der Waals surface area contributed by atoms with Crippen LogP contribution in [-0.4, -0.2) is 38.1 Å². The second-order valence-electron chi connectivity index (χ2n) is 5.80. The molecule has 0 saturated carbocycles. The first-order valence-electron chi connectivity index (χ1n) is 7.59. The van der Waals surface area contributed by atoms with Gasteiger partial charge in [0.05, 0.1) is 17.1 Å². The molecular weight excluding hydrogens is 311 g/mol. The molecule has 6 heteroatoms. The third kappa shape index (κ3) is 3.71. The third-order valence-electron chi connectivity index (χ3n) is 4.06. The largest absolute Gasteiger partial charge is 0.397 e. The fraction of sp³-hybridized carbons (Fsp3) is 0.294. The maximum Gasteiger partial charge on any atom is 0.147 e. The fourth-order valence-corrected chi connectivity index (χ4v) is 3.50. The van der Waals surface area contributed by atoms with E-state index < -0.39 is 0 Å². The number of benzene rings is 2. The average molecular weight is 332 g/mol. The highest BCUT2D eigenvalue weighted by molar-refractivity contribution is 7.99. The van der Waals surface area contributed by atoms with Crippen molar-refractivity contribution in [2.45, 2.75) is 9.79 Å². The number of piperazine rings is 1. The van der Waals surface area contributed by atoms with Crippen LogP contribution in [0.4, 0.5) is 21.5 Å². The van der Waals surface area contributed by atoms with Crippen LogP contribution in [0.1, 0.15) is 0 Å². The molecule has 1 saturated heterocycles. The standard InChI is InChI=1S/C17H21FN4S/c1-21-6-8-22(9-7-21)17-5-3-12(10-14(17)18)23-13-2-4-15(19)16(20)11-13/h2-5,10-11H,6-9,19-20H2,1H3. The van der Waals surface area contributed by atoms with Crippen molar-refractivity contribution in [1.82, 2.24) is 4.90 Å². The van der Waals surface area contributed by atoms with E-state index in [-0.39, 0.29) is 5.82 Å². The Kier molecular flexibility index (Phi) is 4.63. The van der Waals surface area contributed by atoms with Crippen LogP contribution in [-0.2, 0) is 0 Å². The quantitative estimate of drug-likeness (QED) is 0.847. The molecule has 2 aromatic carbocycles. The molecule has 4 nitrogen and oxygen atoms in total. The van der Waals surface area contributed by atoms with Gasteiger partial charge in [0.1, 0.15) is 5.82 Å². The number of nitrogens with two attached hydrogens (primary N) is 2. The Hall–Kier alpha value is -1.92. The molecule has 1 heterocycles. The van der Waals surface area contributed by atoms with E-state index in [1.807, 2.05) is 24.3 Å². The van der Waals surface area contributed by atoms with Crippen molar-refractivity contribution in [2.75, 3.05) is 49.6 Å². The number of hydrogen-bond acceptors (Lipinski definition) is 5. The summed E-state index contributed by atoms with van der Waals surface area (Å²) in [4.78, 5) is 6.16. The zero-order valence-electron chi connectivity index (χ0n) is 13.1. The van der Waals surface area contributed by atoms with Crippen LogP contribution < -0.4 is 16.4 Å². The molecule has 0 aromatic heterocycles. The van der Waals surface area contributed by atoms with Gasteiger partial charge >= 0.3 is 0 Å². The van der Waals surface area contributed by atoms with Gasteiger partial charge < -0.3 is 21.3 Å². The lowest BCUT2D eigenvalue weighted by Gasteiger charge is -2.34. The molecule has 0 bridgehead atoms. The Morgan fingerprint density at radius 2 is 1.57 bits per heavy atom. The molecule has 122 valence electrons. The maximum atomic E-state index is 14.5. The smallest absolute Gasteiger partial charge is 0.147 e. The zero-order valence-corrected chi connectivity index (χ0v) is 13.9. The van der Waals surface area contributed by atoms with Gasteiger partial charge in [-0.25, -0.2) is 4.39 Å². The molecule has 1 fully saturated rings. The van der Waals surface area contributed by atoms with Gasteiger partial charge in [-0.1, -0.05) is 11.8 Å². The van der Waals surface area contributed by atoms with Crippen molar-refractivity contribution in [2.24, 2.45) is 0 Å². The topological polar surface area (TPSA) is 58.5 Å². The number of nitrogen functional groups attached to an aromatic ring is 2. The van der Waals surface area contributed by atoms with Gasteiger partial charge in [-0.05, 0) is 43.4 Å². The van der Waals surface area contributed by atoms with E-state index in [0.717, 1.165) is 36.0 Å². The predicted molar refractivity (Wildman–Crippen MR) is 95.5 cm³/mol. The Bertz CT molecular complexity index is 699. The lowest BCUT2D eigenvalue weighted by Crippen LogP contribution is -2.44. The SMILES string of the molecule is CN1CCN(c2ccc(Sc3ccc(N)c(N)c3)cc2F)CC1. The van der Waals surface area contributed by atoms with Gasteiger partial charge in [0.2, 0.25) is 0 Å². The minimum atomic E-state index is -0.178. The van der Waals surface area contributed by atoms with Gasteiger partial charge in [0.25, 0.3) is 0 Å². The molecular formula is C17H21FN4S. The molecule has 0 atom stereocenters. The van der Waals surface area contributed by atoms with Crippen molar-refractivity contribution in [1.29, 1.82) is 0 Å². The summed E-state index contributed by atoms with van der Waals surface area (Å²) < 4.78 is 14.5. The van der Waals surface area contributed by atoms with Gasteiger partial charge in [-0.2, -0.15) is 0 Å². The normalized spacial score (nSPS) is 15.8. The van der Waals surface area contributed by atoms with Crippen LogP contribution in [0.15, 0.2) is 46.2 Å². The van der Waals surface area contributed by atoms with E-state index in [4.69, 9.17) is 11.5 Å². The zero-order chi connectivity index (χ0) is 16.4. The van der Waals surface area contributed by atoms with E-state index in [9.17, 15) is 4.39 Å². The summed E-state index contributed by atoms with van der Waals surface area (Å²) in [5, 5.41) is 0. The van der Waals surface area contributed by atoms with E-state index in [2.05, 4.69) is 16.8 Å². The van der Waals surface area contributed by atoms with Crippen LogP contribution >= 0.6 is 11.8 Å². The molecule has 2 aromatic rings. The van der Waals surface area contributed by atoms with Crippen LogP contribution in [0.25, 0.3) is 0 Å². The van der Waals surface area contributed by atoms with E-state index in [0.29, 0.717) is 17.1 Å². The van der Waals surface area contributed by atoms with E-state index in [1.54, 1.807) is 12.1 Å². The monoisotopic (exact) mass is 332 g/mol. The number of anilines is 3. The van der Waals surface area contributed by atoms with Crippen molar-refractivity contribution < 1.29 is 4.39 Å². The van der Waals surface area contributed by atoms with Gasteiger partial charge in [0.15, 0.2) is 0 Å². The first-order chi connectivity index (χ1) is 11.0. The summed E-state index contributed by atoms with van der Waals surface area (Å²) in [5.41, 5.74) is 13.3. The Morgan fingerprint density at radius 3 is 2.22 bits per heavy atom. The predicted octanol–water partition coefficient (Wildman–Crippen LogP) is 2.89. The second kappa shape index (κ2) is 6.68. The molecule has 1 aliphatic rings. The van der Waals surface area contributed by atoms with Crippen molar-refractivity contribution in [3.63, 3.8) is 0 Å². The second-order valence-corrected chi connectivity index (χ2v) is 6.94. The number of hydrogen-bond donors (Lipinski definition) is 2. The Morgan fingerprint density at radius 1 is 0.913 bits per heavy atom. The van der Waals surface area contributed by atoms with Gasteiger partial charge in [0, 0.05) is 36.0 Å². The summed E-state index contributed by atoms with van der Waals surface area (Å²) in [6.07, 6.45) is 0. The minimum absolute atomic E-state index is 0.178. The highest BCUT2D eigenvalue weighted by atomic mass is 32.2. The summed E-state index contributed by atoms with van der Waals surface area (Å²) in [6.45, 7) is 3.63. The van der Waals surface area contributed by atoms with Crippen molar-refractivity contribution >= 4 is 28.8 Å². The fourth-order valence-electron chi connectivity index (χ4n) is 2.61. The number of rotatable bonds is 3. The highest BCUT2D eigenvalue weighted by Gasteiger charge is 2.17. The minimum Gasteiger partial charge on any atom is -0.397 e. The summed E-state index contributed by atoms with van der Waals surface area (Å²) in [5.74, 6) is -0.178. The van der Waals surface area contributed by atoms with Crippen LogP contribution in [0.5, 0.6) is 0 Å². The van der Waals surface area contributed by atoms with Crippen LogP contribution in [0.2, 0.25) is 0 Å². The molecule has 0 spiro atoms. The summed E-state index contributed by atoms with van der Waals surface area (Å²) >= 11 is 1.48. The maximum absolute atomic E-state index is 14.5. The molecule has 0 radical (unpaired) electrons. The highest BCUT2D eigenvalue weighted by Crippen LogP contribution is 2.33. The van der Waals surface area contributed by atoms with Crippen molar-refractivity contribution in [3.05, 3.63) is 42.2 Å². The summed E-state index contributed by atoms with van der Waals surface area (Å²) in [7, 11) is 2.09. The van der Waals surface area contributed by atoms with E-state index >= 15 is 0 Å². The first-order valence-corrected chi connectivity index (χ1v) is 8.40. The molecule has 0 aliphatic carbocycles. The van der Waals surface area contributed by atoms with E-state index in [1.165, 1.54) is 11.8 Å². The van der Waals surface area contributed by atoms with Crippen LogP contribution in [0.3, 0.4) is 0 Å². The molecule has 23 heavy (non-hydrogen) atoms.